The minimum atomic E-state index is -1.14. The van der Waals surface area contributed by atoms with Crippen molar-refractivity contribution in [2.75, 3.05) is 12.4 Å². The Hall–Kier alpha value is -3.61. The monoisotopic (exact) mass is 347 g/mol. The molecule has 0 bridgehead atoms. The second kappa shape index (κ2) is 6.03. The molecule has 3 aromatic rings. The van der Waals surface area contributed by atoms with Crippen molar-refractivity contribution >= 4 is 23.4 Å². The molecule has 2 heterocycles. The van der Waals surface area contributed by atoms with Gasteiger partial charge in [-0.3, -0.25) is 15.1 Å². The number of nitrogens with zero attached hydrogens (tertiary/aromatic N) is 2. The summed E-state index contributed by atoms with van der Waals surface area (Å²) in [7, 11) is 1.60. The third-order valence-electron chi connectivity index (χ3n) is 4.48. The van der Waals surface area contributed by atoms with E-state index >= 15 is 0 Å². The zero-order chi connectivity index (χ0) is 18.1. The van der Waals surface area contributed by atoms with E-state index in [0.29, 0.717) is 5.82 Å². The largest absolute Gasteiger partial charge is 0.363 e. The number of amides is 1. The van der Waals surface area contributed by atoms with Crippen LogP contribution in [0.4, 0.5) is 11.5 Å². The van der Waals surface area contributed by atoms with Crippen molar-refractivity contribution in [2.45, 2.75) is 5.54 Å². The molecule has 7 nitrogen and oxygen atoms in total. The number of carbonyl (C=O) groups excluding carboxylic acids is 1. The Bertz CT molecular complexity index is 955. The maximum absolute atomic E-state index is 13.1. The van der Waals surface area contributed by atoms with Gasteiger partial charge in [0.2, 0.25) is 0 Å². The first-order valence-electron chi connectivity index (χ1n) is 8.09. The number of aromatic nitrogens is 1. The summed E-state index contributed by atoms with van der Waals surface area (Å²) in [4.78, 5) is 14.5. The van der Waals surface area contributed by atoms with Gasteiger partial charge in [-0.1, -0.05) is 47.6 Å². The first kappa shape index (κ1) is 15.9. The summed E-state index contributed by atoms with van der Waals surface area (Å²) in [5.74, 6) is 0.437. The number of nitrogens with one attached hydrogen (secondary N) is 3. The lowest BCUT2D eigenvalue weighted by atomic mass is 9.82. The predicted molar refractivity (Wildman–Crippen MR) is 97.1 cm³/mol. The molecule has 1 amide bonds. The van der Waals surface area contributed by atoms with Gasteiger partial charge in [0, 0.05) is 18.8 Å². The van der Waals surface area contributed by atoms with Gasteiger partial charge in [0.15, 0.2) is 17.3 Å². The number of benzene rings is 2. The van der Waals surface area contributed by atoms with Gasteiger partial charge < -0.3 is 15.2 Å². The lowest BCUT2D eigenvalue weighted by Gasteiger charge is -2.28. The summed E-state index contributed by atoms with van der Waals surface area (Å²) < 4.78 is 4.84. The summed E-state index contributed by atoms with van der Waals surface area (Å²) in [6, 6.07) is 18.6. The first-order chi connectivity index (χ1) is 12.6. The van der Waals surface area contributed by atoms with Crippen LogP contribution in [0.3, 0.4) is 0 Å². The van der Waals surface area contributed by atoms with E-state index in [1.807, 2.05) is 54.6 Å². The van der Waals surface area contributed by atoms with Gasteiger partial charge in [0.05, 0.1) is 0 Å². The zero-order valence-electron chi connectivity index (χ0n) is 14.1. The number of carbonyl (C=O) groups is 1. The topological polar surface area (TPSA) is 94.2 Å². The number of anilines is 2. The standard InChI is InChI=1S/C19H17N5O2/c1-24-17(25)19(22-18(24)20,13-6-3-2-4-7-13)14-8-5-9-15(12-14)21-16-10-11-26-23-16/h2-12H,1H3,(H2,20,22)(H,21,23). The molecule has 1 aliphatic heterocycles. The fourth-order valence-corrected chi connectivity index (χ4v) is 3.17. The van der Waals surface area contributed by atoms with E-state index < -0.39 is 5.54 Å². The summed E-state index contributed by atoms with van der Waals surface area (Å²) in [5.41, 5.74) is 1.13. The van der Waals surface area contributed by atoms with Crippen LogP contribution >= 0.6 is 0 Å². The highest BCUT2D eigenvalue weighted by Gasteiger charge is 2.50. The second-order valence-electron chi connectivity index (χ2n) is 6.04. The molecule has 0 aliphatic carbocycles. The Morgan fingerprint density at radius 3 is 2.54 bits per heavy atom. The molecular formula is C19H17N5O2. The molecule has 3 N–H and O–H groups in total. The van der Waals surface area contributed by atoms with Crippen molar-refractivity contribution in [2.24, 2.45) is 0 Å². The van der Waals surface area contributed by atoms with E-state index in [0.717, 1.165) is 16.8 Å². The molecule has 1 atom stereocenters. The molecule has 0 saturated carbocycles. The van der Waals surface area contributed by atoms with E-state index in [-0.39, 0.29) is 11.9 Å². The fraction of sp³-hybridized carbons (Fsp3) is 0.105. The van der Waals surface area contributed by atoms with E-state index in [9.17, 15) is 4.79 Å². The average molecular weight is 347 g/mol. The van der Waals surface area contributed by atoms with Gasteiger partial charge in [-0.2, -0.15) is 0 Å². The zero-order valence-corrected chi connectivity index (χ0v) is 14.1. The average Bonchev–Trinajstić information content (AvgIpc) is 3.26. The van der Waals surface area contributed by atoms with Crippen LogP contribution in [0.5, 0.6) is 0 Å². The summed E-state index contributed by atoms with van der Waals surface area (Å²) >= 11 is 0. The van der Waals surface area contributed by atoms with Crippen LogP contribution in [0.15, 0.2) is 71.4 Å². The minimum Gasteiger partial charge on any atom is -0.363 e. The SMILES string of the molecule is CN1C(=N)NC(c2ccccc2)(c2cccc(Nc3ccon3)c2)C1=O. The molecule has 2 aromatic carbocycles. The lowest BCUT2D eigenvalue weighted by Crippen LogP contribution is -2.45. The van der Waals surface area contributed by atoms with Crippen LogP contribution in [-0.4, -0.2) is 29.0 Å². The van der Waals surface area contributed by atoms with Crippen LogP contribution in [0.25, 0.3) is 0 Å². The quantitative estimate of drug-likeness (QED) is 0.674. The number of hydrogen-bond donors (Lipinski definition) is 3. The normalized spacial score (nSPS) is 19.5. The molecule has 0 radical (unpaired) electrons. The Kier molecular flexibility index (Phi) is 3.69. The summed E-state index contributed by atoms with van der Waals surface area (Å²) in [6.07, 6.45) is 1.48. The van der Waals surface area contributed by atoms with Gasteiger partial charge in [-0.05, 0) is 23.3 Å². The number of rotatable bonds is 4. The van der Waals surface area contributed by atoms with Gasteiger partial charge in [-0.15, -0.1) is 0 Å². The van der Waals surface area contributed by atoms with Crippen molar-refractivity contribution in [3.05, 3.63) is 78.1 Å². The molecule has 1 aliphatic rings. The second-order valence-corrected chi connectivity index (χ2v) is 6.04. The smallest absolute Gasteiger partial charge is 0.264 e. The molecule has 130 valence electrons. The third kappa shape index (κ3) is 2.41. The maximum Gasteiger partial charge on any atom is 0.264 e. The van der Waals surface area contributed by atoms with Crippen LogP contribution in [0.2, 0.25) is 0 Å². The highest BCUT2D eigenvalue weighted by atomic mass is 16.5. The molecule has 4 rings (SSSR count). The number of hydrogen-bond acceptors (Lipinski definition) is 5. The highest BCUT2D eigenvalue weighted by molar-refractivity contribution is 6.10. The molecule has 1 fully saturated rings. The van der Waals surface area contributed by atoms with Crippen LogP contribution in [-0.2, 0) is 10.3 Å². The van der Waals surface area contributed by atoms with E-state index in [4.69, 9.17) is 9.93 Å². The predicted octanol–water partition coefficient (Wildman–Crippen LogP) is 2.66. The molecule has 26 heavy (non-hydrogen) atoms. The molecule has 1 saturated heterocycles. The molecular weight excluding hydrogens is 330 g/mol. The van der Waals surface area contributed by atoms with Gasteiger partial charge in [-0.25, -0.2) is 0 Å². The Balaban J connectivity index is 1.83. The highest BCUT2D eigenvalue weighted by Crippen LogP contribution is 2.36. The minimum absolute atomic E-state index is 0.0636. The number of guanidine groups is 1. The first-order valence-corrected chi connectivity index (χ1v) is 8.09. The molecule has 7 heteroatoms. The Labute approximate surface area is 150 Å². The maximum atomic E-state index is 13.1. The van der Waals surface area contributed by atoms with Crippen LogP contribution in [0, 0.1) is 5.41 Å². The van der Waals surface area contributed by atoms with Gasteiger partial charge in [0.1, 0.15) is 6.26 Å². The van der Waals surface area contributed by atoms with Crippen molar-refractivity contribution < 1.29 is 9.32 Å². The van der Waals surface area contributed by atoms with Gasteiger partial charge in [0.25, 0.3) is 5.91 Å². The van der Waals surface area contributed by atoms with Gasteiger partial charge >= 0.3 is 0 Å². The molecule has 1 unspecified atom stereocenters. The summed E-state index contributed by atoms with van der Waals surface area (Å²) in [5, 5.41) is 18.2. The fourth-order valence-electron chi connectivity index (χ4n) is 3.17. The van der Waals surface area contributed by atoms with Crippen molar-refractivity contribution in [3.8, 4) is 0 Å². The Morgan fingerprint density at radius 1 is 1.12 bits per heavy atom. The van der Waals surface area contributed by atoms with Crippen LogP contribution in [0.1, 0.15) is 11.1 Å². The third-order valence-corrected chi connectivity index (χ3v) is 4.48. The lowest BCUT2D eigenvalue weighted by molar-refractivity contribution is -0.129. The van der Waals surface area contributed by atoms with E-state index in [2.05, 4.69) is 15.8 Å². The molecule has 1 aromatic heterocycles. The van der Waals surface area contributed by atoms with Crippen molar-refractivity contribution in [3.63, 3.8) is 0 Å². The molecule has 0 spiro atoms. The summed E-state index contributed by atoms with van der Waals surface area (Å²) in [6.45, 7) is 0. The van der Waals surface area contributed by atoms with E-state index in [1.165, 1.54) is 11.2 Å². The van der Waals surface area contributed by atoms with Crippen LogP contribution < -0.4 is 10.6 Å². The van der Waals surface area contributed by atoms with E-state index in [1.54, 1.807) is 13.1 Å². The van der Waals surface area contributed by atoms with Crippen molar-refractivity contribution in [1.29, 1.82) is 5.41 Å². The number of likely N-dealkylation sites (N-methyl/N-ethyl adjacent to an activating group) is 1. The Morgan fingerprint density at radius 2 is 1.88 bits per heavy atom. The van der Waals surface area contributed by atoms with Crippen molar-refractivity contribution in [1.82, 2.24) is 15.4 Å².